The molecule has 1 aliphatic heterocycles. The van der Waals surface area contributed by atoms with Crippen LogP contribution in [0.3, 0.4) is 0 Å². The SMILES string of the molecule is CN=C(NCCOCC1CCCO1)NCCc1csc(C)n1.I. The number of aryl methyl sites for hydroxylation is 1. The Balaban J connectivity index is 0.00000264. The Hall–Kier alpha value is -0.450. The summed E-state index contributed by atoms with van der Waals surface area (Å²) in [5.74, 6) is 0.799. The number of aliphatic imine (C=N–C) groups is 1. The molecule has 6 nitrogen and oxygen atoms in total. The highest BCUT2D eigenvalue weighted by atomic mass is 127. The lowest BCUT2D eigenvalue weighted by Crippen LogP contribution is -2.40. The fourth-order valence-corrected chi connectivity index (χ4v) is 2.93. The monoisotopic (exact) mass is 454 g/mol. The molecule has 1 atom stereocenters. The summed E-state index contributed by atoms with van der Waals surface area (Å²) >= 11 is 1.69. The Morgan fingerprint density at radius 3 is 2.96 bits per heavy atom. The second-order valence-electron chi connectivity index (χ2n) is 5.24. The van der Waals surface area contributed by atoms with Gasteiger partial charge in [0.2, 0.25) is 0 Å². The molecule has 1 saturated heterocycles. The minimum absolute atomic E-state index is 0. The van der Waals surface area contributed by atoms with Crippen molar-refractivity contribution in [1.29, 1.82) is 0 Å². The molecule has 2 heterocycles. The third-order valence-corrected chi connectivity index (χ3v) is 4.25. The van der Waals surface area contributed by atoms with Crippen LogP contribution in [0, 0.1) is 6.92 Å². The van der Waals surface area contributed by atoms with Crippen LogP contribution in [0.25, 0.3) is 0 Å². The highest BCUT2D eigenvalue weighted by Crippen LogP contribution is 2.11. The smallest absolute Gasteiger partial charge is 0.191 e. The summed E-state index contributed by atoms with van der Waals surface area (Å²) in [6.07, 6.45) is 3.47. The lowest BCUT2D eigenvalue weighted by Gasteiger charge is -2.13. The molecule has 0 saturated carbocycles. The standard InChI is InChI=1S/C15H26N4O2S.HI/c1-12-19-13(11-22-12)5-6-17-15(16-2)18-7-9-20-10-14-4-3-8-21-14;/h11,14H,3-10H2,1-2H3,(H2,16,17,18);1H. The summed E-state index contributed by atoms with van der Waals surface area (Å²) < 4.78 is 11.1. The molecule has 1 fully saturated rings. The Bertz CT molecular complexity index is 464. The third-order valence-electron chi connectivity index (χ3n) is 3.43. The number of ether oxygens (including phenoxy) is 2. The van der Waals surface area contributed by atoms with E-state index in [0.717, 1.165) is 55.6 Å². The molecule has 1 aromatic heterocycles. The van der Waals surface area contributed by atoms with E-state index < -0.39 is 0 Å². The molecule has 0 aliphatic carbocycles. The summed E-state index contributed by atoms with van der Waals surface area (Å²) in [6.45, 7) is 5.81. The lowest BCUT2D eigenvalue weighted by atomic mass is 10.2. The molecule has 1 unspecified atom stereocenters. The molecule has 1 aromatic rings. The molecular weight excluding hydrogens is 427 g/mol. The lowest BCUT2D eigenvalue weighted by molar-refractivity contribution is 0.0191. The van der Waals surface area contributed by atoms with E-state index in [0.29, 0.717) is 19.3 Å². The van der Waals surface area contributed by atoms with Gasteiger partial charge in [0.25, 0.3) is 0 Å². The van der Waals surface area contributed by atoms with E-state index in [1.807, 2.05) is 6.92 Å². The first-order valence-electron chi connectivity index (χ1n) is 7.83. The summed E-state index contributed by atoms with van der Waals surface area (Å²) in [5.41, 5.74) is 1.13. The van der Waals surface area contributed by atoms with Crippen LogP contribution in [0.4, 0.5) is 0 Å². The fraction of sp³-hybridized carbons (Fsp3) is 0.733. The van der Waals surface area contributed by atoms with Crippen LogP contribution in [-0.4, -0.2) is 57.0 Å². The van der Waals surface area contributed by atoms with Crippen molar-refractivity contribution < 1.29 is 9.47 Å². The molecule has 0 amide bonds. The largest absolute Gasteiger partial charge is 0.377 e. The van der Waals surface area contributed by atoms with E-state index in [1.165, 1.54) is 0 Å². The zero-order valence-corrected chi connectivity index (χ0v) is 17.0. The van der Waals surface area contributed by atoms with Crippen molar-refractivity contribution in [2.75, 3.05) is 40.0 Å². The molecule has 0 bridgehead atoms. The average molecular weight is 454 g/mol. The number of guanidine groups is 1. The van der Waals surface area contributed by atoms with E-state index >= 15 is 0 Å². The number of halogens is 1. The molecule has 0 radical (unpaired) electrons. The van der Waals surface area contributed by atoms with E-state index in [1.54, 1.807) is 18.4 Å². The fourth-order valence-electron chi connectivity index (χ4n) is 2.28. The minimum Gasteiger partial charge on any atom is -0.377 e. The first-order chi connectivity index (χ1) is 10.8. The molecule has 2 rings (SSSR count). The Labute approximate surface area is 159 Å². The second-order valence-corrected chi connectivity index (χ2v) is 6.31. The first kappa shape index (κ1) is 20.6. The summed E-state index contributed by atoms with van der Waals surface area (Å²) in [4.78, 5) is 8.64. The number of aromatic nitrogens is 1. The normalized spacial score (nSPS) is 17.8. The third kappa shape index (κ3) is 8.27. The Kier molecular flexibility index (Phi) is 10.7. The van der Waals surface area contributed by atoms with Gasteiger partial charge in [0.05, 0.1) is 30.0 Å². The molecule has 0 aromatic carbocycles. The number of hydrogen-bond acceptors (Lipinski definition) is 5. The van der Waals surface area contributed by atoms with Crippen LogP contribution in [0.5, 0.6) is 0 Å². The topological polar surface area (TPSA) is 67.8 Å². The van der Waals surface area contributed by atoms with Gasteiger partial charge < -0.3 is 20.1 Å². The number of hydrogen-bond donors (Lipinski definition) is 2. The predicted octanol–water partition coefficient (Wildman–Crippen LogP) is 1.97. The van der Waals surface area contributed by atoms with Crippen molar-refractivity contribution in [3.63, 3.8) is 0 Å². The van der Waals surface area contributed by atoms with Gasteiger partial charge in [-0.25, -0.2) is 4.98 Å². The van der Waals surface area contributed by atoms with Gasteiger partial charge >= 0.3 is 0 Å². The van der Waals surface area contributed by atoms with Crippen LogP contribution >= 0.6 is 35.3 Å². The van der Waals surface area contributed by atoms with Gasteiger partial charge in [0.1, 0.15) is 0 Å². The van der Waals surface area contributed by atoms with Crippen molar-refractivity contribution in [1.82, 2.24) is 15.6 Å². The Morgan fingerprint density at radius 2 is 2.30 bits per heavy atom. The van der Waals surface area contributed by atoms with Crippen LogP contribution in [0.15, 0.2) is 10.4 Å². The molecular formula is C15H27IN4O2S. The van der Waals surface area contributed by atoms with Crippen molar-refractivity contribution in [3.05, 3.63) is 16.1 Å². The number of rotatable bonds is 8. The highest BCUT2D eigenvalue weighted by Gasteiger charge is 2.14. The van der Waals surface area contributed by atoms with E-state index in [2.05, 4.69) is 26.0 Å². The van der Waals surface area contributed by atoms with Crippen molar-refractivity contribution in [3.8, 4) is 0 Å². The van der Waals surface area contributed by atoms with Gasteiger partial charge in [-0.3, -0.25) is 4.99 Å². The van der Waals surface area contributed by atoms with E-state index in [-0.39, 0.29) is 24.0 Å². The van der Waals surface area contributed by atoms with Gasteiger partial charge in [0.15, 0.2) is 5.96 Å². The highest BCUT2D eigenvalue weighted by molar-refractivity contribution is 14.0. The van der Waals surface area contributed by atoms with E-state index in [4.69, 9.17) is 9.47 Å². The second kappa shape index (κ2) is 12.0. The summed E-state index contributed by atoms with van der Waals surface area (Å²) in [7, 11) is 1.77. The number of thiazole rings is 1. The van der Waals surface area contributed by atoms with Gasteiger partial charge in [-0.2, -0.15) is 0 Å². The van der Waals surface area contributed by atoms with Crippen molar-refractivity contribution in [2.45, 2.75) is 32.3 Å². The van der Waals surface area contributed by atoms with E-state index in [9.17, 15) is 0 Å². The predicted molar refractivity (Wildman–Crippen MR) is 105 cm³/mol. The first-order valence-corrected chi connectivity index (χ1v) is 8.71. The number of nitrogens with one attached hydrogen (secondary N) is 2. The maximum Gasteiger partial charge on any atom is 0.191 e. The van der Waals surface area contributed by atoms with Gasteiger partial charge in [0, 0.05) is 38.5 Å². The summed E-state index contributed by atoms with van der Waals surface area (Å²) in [6, 6.07) is 0. The quantitative estimate of drug-likeness (QED) is 0.272. The molecule has 23 heavy (non-hydrogen) atoms. The maximum absolute atomic E-state index is 5.61. The maximum atomic E-state index is 5.61. The van der Waals surface area contributed by atoms with Crippen molar-refractivity contribution >= 4 is 41.3 Å². The van der Waals surface area contributed by atoms with Crippen molar-refractivity contribution in [2.24, 2.45) is 4.99 Å². The minimum atomic E-state index is 0. The van der Waals surface area contributed by atoms with Gasteiger partial charge in [-0.15, -0.1) is 35.3 Å². The molecule has 2 N–H and O–H groups in total. The molecule has 1 aliphatic rings. The molecule has 0 spiro atoms. The Morgan fingerprint density at radius 1 is 1.48 bits per heavy atom. The van der Waals surface area contributed by atoms with Gasteiger partial charge in [-0.1, -0.05) is 0 Å². The van der Waals surface area contributed by atoms with Crippen LogP contribution in [0.1, 0.15) is 23.5 Å². The van der Waals surface area contributed by atoms with Crippen LogP contribution < -0.4 is 10.6 Å². The zero-order valence-electron chi connectivity index (χ0n) is 13.8. The number of nitrogens with zero attached hydrogens (tertiary/aromatic N) is 2. The van der Waals surface area contributed by atoms with Crippen LogP contribution in [0.2, 0.25) is 0 Å². The molecule has 8 heteroatoms. The summed E-state index contributed by atoms with van der Waals surface area (Å²) in [5, 5.41) is 9.74. The van der Waals surface area contributed by atoms with Crippen LogP contribution in [-0.2, 0) is 15.9 Å². The zero-order chi connectivity index (χ0) is 15.6. The van der Waals surface area contributed by atoms with Gasteiger partial charge in [-0.05, 0) is 19.8 Å². The molecule has 132 valence electrons. The average Bonchev–Trinajstić information content (AvgIpc) is 3.17.